The van der Waals surface area contributed by atoms with Crippen molar-refractivity contribution in [1.82, 2.24) is 0 Å². The predicted molar refractivity (Wildman–Crippen MR) is 188 cm³/mol. The summed E-state index contributed by atoms with van der Waals surface area (Å²) in [6, 6.07) is 29.0. The van der Waals surface area contributed by atoms with Crippen LogP contribution >= 0.6 is 7.82 Å². The van der Waals surface area contributed by atoms with E-state index < -0.39 is 18.7 Å². The second-order valence-electron chi connectivity index (χ2n) is 12.6. The first-order valence-electron chi connectivity index (χ1n) is 15.1. The Hall–Kier alpha value is -4.91. The number of hydrogen-bond acceptors (Lipinski definition) is 5. The molecule has 0 aromatic heterocycles. The molecular weight excluding hydrogens is 611 g/mol. The first kappa shape index (κ1) is 35.0. The molecule has 0 bridgehead atoms. The smallest absolute Gasteiger partial charge is 0.395 e. The van der Waals surface area contributed by atoms with Crippen LogP contribution in [0.4, 0.5) is 11.4 Å². The van der Waals surface area contributed by atoms with Gasteiger partial charge >= 0.3 is 7.82 Å². The van der Waals surface area contributed by atoms with E-state index in [2.05, 4.69) is 51.5 Å². The second-order valence-corrected chi connectivity index (χ2v) is 13.9. The third-order valence-electron chi connectivity index (χ3n) is 8.10. The third-order valence-corrected chi connectivity index (χ3v) is 8.98. The lowest BCUT2D eigenvalue weighted by molar-refractivity contribution is -0.113. The molecule has 8 nitrogen and oxygen atoms in total. The Bertz CT molecular complexity index is 1690. The molecule has 0 heterocycles. The van der Waals surface area contributed by atoms with Gasteiger partial charge in [-0.3, -0.25) is 14.5 Å². The van der Waals surface area contributed by atoms with Crippen molar-refractivity contribution in [3.05, 3.63) is 144 Å². The fraction of sp³-hybridized carbons (Fsp3) is 0.211. The number of anilines is 2. The van der Waals surface area contributed by atoms with E-state index in [1.165, 1.54) is 0 Å². The van der Waals surface area contributed by atoms with E-state index in [9.17, 15) is 19.0 Å². The van der Waals surface area contributed by atoms with E-state index >= 15 is 0 Å². The van der Waals surface area contributed by atoms with Crippen LogP contribution < -0.4 is 19.7 Å². The molecule has 3 N–H and O–H groups in total. The summed E-state index contributed by atoms with van der Waals surface area (Å²) < 4.78 is 23.7. The molecule has 2 amide bonds. The highest BCUT2D eigenvalue weighted by Gasteiger charge is 2.28. The molecule has 0 unspecified atom stereocenters. The van der Waals surface area contributed by atoms with Crippen molar-refractivity contribution in [3.8, 4) is 11.5 Å². The Morgan fingerprint density at radius 2 is 0.830 bits per heavy atom. The Balaban J connectivity index is 1.39. The summed E-state index contributed by atoms with van der Waals surface area (Å²) in [5, 5.41) is 5.60. The number of nitrogens with one attached hydrogen (secondary N) is 2. The van der Waals surface area contributed by atoms with Crippen LogP contribution in [0.15, 0.2) is 121 Å². The van der Waals surface area contributed by atoms with E-state index in [4.69, 9.17) is 9.05 Å². The predicted octanol–water partition coefficient (Wildman–Crippen LogP) is 8.93. The maximum atomic E-state index is 12.9. The average Bonchev–Trinajstić information content (AvgIpc) is 3.01. The monoisotopic (exact) mass is 652 g/mol. The van der Waals surface area contributed by atoms with Crippen molar-refractivity contribution >= 4 is 31.0 Å². The number of carbonyl (C=O) groups is 2. The topological polar surface area (TPSA) is 114 Å². The van der Waals surface area contributed by atoms with Gasteiger partial charge in [-0.2, -0.15) is 0 Å². The molecule has 0 spiro atoms. The molecule has 0 aliphatic carbocycles. The van der Waals surface area contributed by atoms with Gasteiger partial charge in [-0.1, -0.05) is 89.4 Å². The summed E-state index contributed by atoms with van der Waals surface area (Å²) >= 11 is 0. The summed E-state index contributed by atoms with van der Waals surface area (Å²) in [5.41, 5.74) is 5.38. The maximum absolute atomic E-state index is 12.9. The Morgan fingerprint density at radius 3 is 1.09 bits per heavy atom. The number of rotatable bonds is 12. The van der Waals surface area contributed by atoms with E-state index in [1.54, 1.807) is 38.1 Å². The van der Waals surface area contributed by atoms with E-state index in [0.29, 0.717) is 22.5 Å². The molecule has 4 aromatic rings. The van der Waals surface area contributed by atoms with Crippen LogP contribution in [0.1, 0.15) is 63.8 Å². The average molecular weight is 653 g/mol. The van der Waals surface area contributed by atoms with Crippen LogP contribution in [-0.4, -0.2) is 16.7 Å². The first-order valence-corrected chi connectivity index (χ1v) is 16.6. The van der Waals surface area contributed by atoms with Gasteiger partial charge in [0, 0.05) is 33.4 Å². The minimum atomic E-state index is -4.49. The van der Waals surface area contributed by atoms with Crippen LogP contribution in [0.3, 0.4) is 0 Å². The largest absolute Gasteiger partial charge is 0.584 e. The van der Waals surface area contributed by atoms with Gasteiger partial charge in [-0.15, -0.1) is 0 Å². The van der Waals surface area contributed by atoms with Crippen LogP contribution in [0.5, 0.6) is 11.5 Å². The molecule has 0 atom stereocenters. The molecule has 0 aliphatic heterocycles. The van der Waals surface area contributed by atoms with Gasteiger partial charge in [0.25, 0.3) is 11.8 Å². The van der Waals surface area contributed by atoms with Gasteiger partial charge in [0.2, 0.25) is 0 Å². The summed E-state index contributed by atoms with van der Waals surface area (Å²) in [4.78, 5) is 34.3. The fourth-order valence-electron chi connectivity index (χ4n) is 4.90. The number of hydrogen-bond donors (Lipinski definition) is 3. The minimum absolute atomic E-state index is 0.189. The van der Waals surface area contributed by atoms with Gasteiger partial charge < -0.3 is 19.7 Å². The zero-order chi connectivity index (χ0) is 34.6. The first-order chi connectivity index (χ1) is 22.0. The Labute approximate surface area is 276 Å². The van der Waals surface area contributed by atoms with Crippen molar-refractivity contribution in [2.75, 3.05) is 10.6 Å². The molecule has 0 saturated carbocycles. The van der Waals surface area contributed by atoms with E-state index in [-0.39, 0.29) is 23.3 Å². The third kappa shape index (κ3) is 8.67. The van der Waals surface area contributed by atoms with Crippen molar-refractivity contribution < 1.29 is 28.1 Å². The highest BCUT2D eigenvalue weighted by molar-refractivity contribution is 7.48. The zero-order valence-electron chi connectivity index (χ0n) is 27.6. The SMILES string of the molecule is C=C(C)C(=O)Nc1ccc(C(C)(C)c2ccc(OP(=O)(O)Oc3ccc(C(C)(C)c4ccc(NC(=O)C(=C)C)cc4)cc3)cc2)cc1. The molecule has 4 rings (SSSR count). The van der Waals surface area contributed by atoms with Gasteiger partial charge in [-0.25, -0.2) is 4.57 Å². The Morgan fingerprint density at radius 1 is 0.574 bits per heavy atom. The lowest BCUT2D eigenvalue weighted by Gasteiger charge is -2.27. The molecule has 0 saturated heterocycles. The van der Waals surface area contributed by atoms with E-state index in [1.807, 2.05) is 72.8 Å². The summed E-state index contributed by atoms with van der Waals surface area (Å²) in [6.45, 7) is 18.9. The maximum Gasteiger partial charge on any atom is 0.584 e. The summed E-state index contributed by atoms with van der Waals surface area (Å²) in [7, 11) is -4.49. The van der Waals surface area contributed by atoms with Gasteiger partial charge in [-0.05, 0) is 84.6 Å². The van der Waals surface area contributed by atoms with Crippen molar-refractivity contribution in [2.24, 2.45) is 0 Å². The van der Waals surface area contributed by atoms with Crippen LogP contribution in [0, 0.1) is 0 Å². The van der Waals surface area contributed by atoms with E-state index in [0.717, 1.165) is 22.3 Å². The van der Waals surface area contributed by atoms with Crippen molar-refractivity contribution in [1.29, 1.82) is 0 Å². The fourth-order valence-corrected chi connectivity index (χ4v) is 5.71. The minimum Gasteiger partial charge on any atom is -0.395 e. The number of phosphoric ester groups is 1. The lowest BCUT2D eigenvalue weighted by atomic mass is 9.78. The number of carbonyl (C=O) groups excluding carboxylic acids is 2. The lowest BCUT2D eigenvalue weighted by Crippen LogP contribution is -2.19. The molecular formula is C38H41N2O6P. The van der Waals surface area contributed by atoms with Crippen molar-refractivity contribution in [3.63, 3.8) is 0 Å². The summed E-state index contributed by atoms with van der Waals surface area (Å²) in [6.07, 6.45) is 0. The highest BCUT2D eigenvalue weighted by atomic mass is 31.2. The second kappa shape index (κ2) is 13.8. The summed E-state index contributed by atoms with van der Waals surface area (Å²) in [5.74, 6) is -0.0856. The molecule has 47 heavy (non-hydrogen) atoms. The molecule has 0 fully saturated rings. The van der Waals surface area contributed by atoms with Crippen LogP contribution in [0.2, 0.25) is 0 Å². The standard InChI is InChI=1S/C38H41N2O6P/c1-25(2)35(41)39-31-17-9-27(10-18-31)37(5,6)29-13-21-33(22-14-29)45-47(43,44)46-34-23-15-30(16-24-34)38(7,8)28-11-19-32(20-12-28)40-36(42)26(3)4/h9-24H,1,3H2,2,4-8H3,(H,39,41)(H,40,42)(H,43,44). The van der Waals surface area contributed by atoms with Gasteiger partial charge in [0.1, 0.15) is 11.5 Å². The molecule has 4 aromatic carbocycles. The quantitative estimate of drug-likeness (QED) is 0.104. The molecule has 244 valence electrons. The Kier molecular flexibility index (Phi) is 10.3. The van der Waals surface area contributed by atoms with Crippen LogP contribution in [-0.2, 0) is 25.0 Å². The normalized spacial score (nSPS) is 11.7. The van der Waals surface area contributed by atoms with Crippen molar-refractivity contribution in [2.45, 2.75) is 52.4 Å². The number of benzene rings is 4. The molecule has 9 heteroatoms. The van der Waals surface area contributed by atoms with Gasteiger partial charge in [0.15, 0.2) is 0 Å². The zero-order valence-corrected chi connectivity index (χ0v) is 28.5. The van der Waals surface area contributed by atoms with Gasteiger partial charge in [0.05, 0.1) is 0 Å². The molecule has 0 aliphatic rings. The number of phosphoric acid groups is 1. The molecule has 0 radical (unpaired) electrons. The highest BCUT2D eigenvalue weighted by Crippen LogP contribution is 2.45. The number of amides is 2. The van der Waals surface area contributed by atoms with Crippen LogP contribution in [0.25, 0.3) is 0 Å².